The molecular weight excluding hydrogens is 567 g/mol. The number of rotatable bonds is 9. The third-order valence-electron chi connectivity index (χ3n) is 5.84. The Kier molecular flexibility index (Phi) is 10.1. The second-order valence-corrected chi connectivity index (χ2v) is 9.88. The summed E-state index contributed by atoms with van der Waals surface area (Å²) in [6, 6.07) is 28.5. The van der Waals surface area contributed by atoms with Gasteiger partial charge >= 0.3 is 5.97 Å². The quantitative estimate of drug-likeness (QED) is 0.160. The molecule has 0 aliphatic rings. The van der Waals surface area contributed by atoms with Crippen LogP contribution in [-0.2, 0) is 17.9 Å². The van der Waals surface area contributed by atoms with Crippen molar-refractivity contribution in [3.8, 4) is 5.75 Å². The fraction of sp³-hybridized carbons (Fsp3) is 0.129. The van der Waals surface area contributed by atoms with Gasteiger partial charge in [0.25, 0.3) is 5.91 Å². The largest absolute Gasteiger partial charge is 0.489 e. The normalized spacial score (nSPS) is 10.5. The van der Waals surface area contributed by atoms with Gasteiger partial charge in [-0.2, -0.15) is 0 Å². The van der Waals surface area contributed by atoms with E-state index in [4.69, 9.17) is 44.9 Å². The van der Waals surface area contributed by atoms with E-state index < -0.39 is 11.9 Å². The van der Waals surface area contributed by atoms with Crippen LogP contribution in [0.5, 0.6) is 5.75 Å². The first-order chi connectivity index (χ1) is 19.3. The van der Waals surface area contributed by atoms with Crippen molar-refractivity contribution in [3.05, 3.63) is 129 Å². The highest BCUT2D eigenvalue weighted by atomic mass is 35.5. The number of ether oxygens (including phenoxy) is 2. The molecule has 0 aliphatic heterocycles. The highest BCUT2D eigenvalue weighted by Gasteiger charge is 2.19. The van der Waals surface area contributed by atoms with Crippen molar-refractivity contribution < 1.29 is 19.1 Å². The van der Waals surface area contributed by atoms with Gasteiger partial charge in [0.05, 0.1) is 18.7 Å². The third-order valence-corrected chi connectivity index (χ3v) is 6.75. The maximum Gasteiger partial charge on any atom is 0.338 e. The predicted octanol–water partition coefficient (Wildman–Crippen LogP) is 7.47. The Bertz CT molecular complexity index is 1500. The number of halogens is 2. The molecular formula is C31H26Cl2N2O4S. The van der Waals surface area contributed by atoms with E-state index in [1.54, 1.807) is 78.6 Å². The molecule has 0 spiro atoms. The van der Waals surface area contributed by atoms with E-state index in [2.05, 4.69) is 5.32 Å². The van der Waals surface area contributed by atoms with Crippen molar-refractivity contribution in [2.24, 2.45) is 0 Å². The molecule has 0 aliphatic carbocycles. The number of carbonyl (C=O) groups excluding carboxylic acids is 2. The van der Waals surface area contributed by atoms with Crippen molar-refractivity contribution in [1.29, 1.82) is 0 Å². The zero-order valence-electron chi connectivity index (χ0n) is 21.6. The van der Waals surface area contributed by atoms with Crippen molar-refractivity contribution in [2.75, 3.05) is 11.5 Å². The maximum atomic E-state index is 13.2. The van der Waals surface area contributed by atoms with E-state index in [0.29, 0.717) is 39.2 Å². The minimum Gasteiger partial charge on any atom is -0.489 e. The van der Waals surface area contributed by atoms with Crippen LogP contribution in [0.1, 0.15) is 38.8 Å². The molecule has 0 heterocycles. The molecule has 0 radical (unpaired) electrons. The number of thiocarbonyl (C=S) groups is 1. The molecule has 0 atom stereocenters. The van der Waals surface area contributed by atoms with Crippen molar-refractivity contribution in [1.82, 2.24) is 5.32 Å². The molecule has 4 aromatic rings. The van der Waals surface area contributed by atoms with Crippen LogP contribution in [0.3, 0.4) is 0 Å². The lowest BCUT2D eigenvalue weighted by molar-refractivity contribution is 0.0526. The van der Waals surface area contributed by atoms with Gasteiger partial charge in [-0.1, -0.05) is 65.7 Å². The molecule has 4 aromatic carbocycles. The molecule has 204 valence electrons. The van der Waals surface area contributed by atoms with Gasteiger partial charge in [0.1, 0.15) is 12.4 Å². The van der Waals surface area contributed by atoms with Gasteiger partial charge in [-0.25, -0.2) is 4.79 Å². The first-order valence-corrected chi connectivity index (χ1v) is 13.6. The lowest BCUT2D eigenvalue weighted by atomic mass is 10.1. The van der Waals surface area contributed by atoms with Crippen LogP contribution < -0.4 is 15.0 Å². The summed E-state index contributed by atoms with van der Waals surface area (Å²) in [5.74, 6) is -0.265. The van der Waals surface area contributed by atoms with Crippen LogP contribution in [0.25, 0.3) is 0 Å². The summed E-state index contributed by atoms with van der Waals surface area (Å²) in [6.45, 7) is 2.64. The summed E-state index contributed by atoms with van der Waals surface area (Å²) >= 11 is 18.2. The summed E-state index contributed by atoms with van der Waals surface area (Å²) in [6.07, 6.45) is 0. The fourth-order valence-corrected chi connectivity index (χ4v) is 4.53. The molecule has 40 heavy (non-hydrogen) atoms. The van der Waals surface area contributed by atoms with Gasteiger partial charge in [0.2, 0.25) is 0 Å². The Labute approximate surface area is 248 Å². The Morgan fingerprint density at radius 1 is 0.875 bits per heavy atom. The number of amides is 1. The SMILES string of the molecule is CCOC(=O)c1ccc(N(Cc2ccc(Cl)cc2Cl)C(=S)NC(=O)c2cccc(OCc3ccccc3)c2)cc1. The standard InChI is InChI=1S/C31H26Cl2N2O4S/c1-2-38-30(37)22-12-15-26(16-13-22)35(19-24-11-14-25(32)18-28(24)33)31(40)34-29(36)23-9-6-10-27(17-23)39-20-21-7-4-3-5-8-21/h3-18H,2,19-20H2,1H3,(H,34,36,40). The van der Waals surface area contributed by atoms with Gasteiger partial charge < -0.3 is 14.4 Å². The Morgan fingerprint density at radius 2 is 1.62 bits per heavy atom. The molecule has 0 aromatic heterocycles. The van der Waals surface area contributed by atoms with Crippen LogP contribution in [0, 0.1) is 0 Å². The third kappa shape index (κ3) is 7.82. The summed E-state index contributed by atoms with van der Waals surface area (Å²) in [5.41, 5.74) is 3.19. The number of anilines is 1. The zero-order chi connectivity index (χ0) is 28.5. The summed E-state index contributed by atoms with van der Waals surface area (Å²) in [7, 11) is 0. The average molecular weight is 594 g/mol. The second-order valence-electron chi connectivity index (χ2n) is 8.65. The van der Waals surface area contributed by atoms with E-state index in [-0.39, 0.29) is 18.3 Å². The predicted molar refractivity (Wildman–Crippen MR) is 162 cm³/mol. The smallest absolute Gasteiger partial charge is 0.338 e. The monoisotopic (exact) mass is 592 g/mol. The Balaban J connectivity index is 1.53. The molecule has 0 unspecified atom stereocenters. The van der Waals surface area contributed by atoms with E-state index in [9.17, 15) is 9.59 Å². The molecule has 0 saturated carbocycles. The first-order valence-electron chi connectivity index (χ1n) is 12.4. The molecule has 1 N–H and O–H groups in total. The number of hydrogen-bond donors (Lipinski definition) is 1. The maximum absolute atomic E-state index is 13.2. The average Bonchev–Trinajstić information content (AvgIpc) is 2.96. The molecule has 1 amide bonds. The lowest BCUT2D eigenvalue weighted by Gasteiger charge is -2.26. The van der Waals surface area contributed by atoms with Crippen molar-refractivity contribution in [2.45, 2.75) is 20.1 Å². The summed E-state index contributed by atoms with van der Waals surface area (Å²) < 4.78 is 10.9. The highest BCUT2D eigenvalue weighted by molar-refractivity contribution is 7.80. The van der Waals surface area contributed by atoms with Gasteiger partial charge in [0.15, 0.2) is 5.11 Å². The topological polar surface area (TPSA) is 67.9 Å². The molecule has 0 bridgehead atoms. The van der Waals surface area contributed by atoms with Crippen LogP contribution in [0.15, 0.2) is 97.1 Å². The minimum absolute atomic E-state index is 0.149. The van der Waals surface area contributed by atoms with Crippen LogP contribution >= 0.6 is 35.4 Å². The molecule has 0 fully saturated rings. The molecule has 0 saturated heterocycles. The summed E-state index contributed by atoms with van der Waals surface area (Å²) in [5, 5.41) is 3.92. The van der Waals surface area contributed by atoms with E-state index >= 15 is 0 Å². The molecule has 4 rings (SSSR count). The summed E-state index contributed by atoms with van der Waals surface area (Å²) in [4.78, 5) is 27.1. The van der Waals surface area contributed by atoms with Gasteiger partial charge in [0, 0.05) is 21.3 Å². The number of nitrogens with one attached hydrogen (secondary N) is 1. The van der Waals surface area contributed by atoms with Gasteiger partial charge in [-0.05, 0) is 84.9 Å². The molecule has 9 heteroatoms. The molecule has 6 nitrogen and oxygen atoms in total. The van der Waals surface area contributed by atoms with Gasteiger partial charge in [-0.15, -0.1) is 0 Å². The van der Waals surface area contributed by atoms with Crippen molar-refractivity contribution in [3.63, 3.8) is 0 Å². The first kappa shape index (κ1) is 29.1. The number of benzene rings is 4. The van der Waals surface area contributed by atoms with Crippen LogP contribution in [-0.4, -0.2) is 23.6 Å². The zero-order valence-corrected chi connectivity index (χ0v) is 23.9. The van der Waals surface area contributed by atoms with Gasteiger partial charge in [-0.3, -0.25) is 10.1 Å². The number of nitrogens with zero attached hydrogens (tertiary/aromatic N) is 1. The lowest BCUT2D eigenvalue weighted by Crippen LogP contribution is -2.42. The van der Waals surface area contributed by atoms with E-state index in [1.165, 1.54) is 0 Å². The Hall–Kier alpha value is -3.91. The Morgan fingerprint density at radius 3 is 2.33 bits per heavy atom. The highest BCUT2D eigenvalue weighted by Crippen LogP contribution is 2.26. The minimum atomic E-state index is -0.424. The van der Waals surface area contributed by atoms with E-state index in [1.807, 2.05) is 30.3 Å². The van der Waals surface area contributed by atoms with Crippen LogP contribution in [0.4, 0.5) is 5.69 Å². The number of esters is 1. The number of carbonyl (C=O) groups is 2. The fourth-order valence-electron chi connectivity index (χ4n) is 3.80. The van der Waals surface area contributed by atoms with Crippen molar-refractivity contribution >= 4 is 58.1 Å². The second kappa shape index (κ2) is 13.9. The van der Waals surface area contributed by atoms with E-state index in [0.717, 1.165) is 11.1 Å². The number of hydrogen-bond acceptors (Lipinski definition) is 5. The van der Waals surface area contributed by atoms with Crippen LogP contribution in [0.2, 0.25) is 10.0 Å².